The average Bonchev–Trinajstić information content (AvgIpc) is 3.19. The first-order valence-corrected chi connectivity index (χ1v) is 9.26. The molecule has 1 unspecified atom stereocenters. The predicted octanol–water partition coefficient (Wildman–Crippen LogP) is 4.72. The summed E-state index contributed by atoms with van der Waals surface area (Å²) in [6, 6.07) is 5.23. The summed E-state index contributed by atoms with van der Waals surface area (Å²) < 4.78 is 79.3. The van der Waals surface area contributed by atoms with Crippen LogP contribution in [0.15, 0.2) is 36.5 Å². The molecule has 2 aromatic heterocycles. The lowest BCUT2D eigenvalue weighted by Crippen LogP contribution is -2.29. The number of alkyl halides is 6. The van der Waals surface area contributed by atoms with Gasteiger partial charge < -0.3 is 5.32 Å². The molecule has 0 fully saturated rings. The molecule has 0 saturated heterocycles. The molecule has 0 aliphatic heterocycles. The number of nitriles is 1. The molecule has 14 heteroatoms. The van der Waals surface area contributed by atoms with Crippen molar-refractivity contribution in [3.63, 3.8) is 0 Å². The molecule has 0 radical (unpaired) electrons. The van der Waals surface area contributed by atoms with Gasteiger partial charge in [0.1, 0.15) is 6.07 Å². The molecule has 0 aliphatic carbocycles. The Balaban J connectivity index is 1.97. The molecular weight excluding hydrogens is 478 g/mol. The topological polar surface area (TPSA) is 96.5 Å². The number of benzene rings is 1. The van der Waals surface area contributed by atoms with Gasteiger partial charge in [-0.25, -0.2) is 9.97 Å². The molecule has 3 rings (SSSR count). The van der Waals surface area contributed by atoms with Crippen LogP contribution in [0.2, 0.25) is 5.02 Å². The fraction of sp³-hybridized carbons (Fsp3) is 0.211. The molecule has 3 aromatic rings. The second-order valence-electron chi connectivity index (χ2n) is 6.64. The van der Waals surface area contributed by atoms with Gasteiger partial charge >= 0.3 is 12.4 Å². The van der Waals surface area contributed by atoms with Crippen LogP contribution in [0, 0.1) is 11.3 Å². The Bertz CT molecular complexity index is 1230. The molecule has 1 aromatic carbocycles. The Kier molecular flexibility index (Phi) is 6.33. The van der Waals surface area contributed by atoms with E-state index in [0.29, 0.717) is 16.8 Å². The van der Waals surface area contributed by atoms with Gasteiger partial charge in [-0.1, -0.05) is 11.6 Å². The molecule has 33 heavy (non-hydrogen) atoms. The first-order chi connectivity index (χ1) is 15.3. The van der Waals surface area contributed by atoms with Crippen molar-refractivity contribution in [1.82, 2.24) is 25.1 Å². The second-order valence-corrected chi connectivity index (χ2v) is 7.08. The van der Waals surface area contributed by atoms with Crippen LogP contribution in [-0.2, 0) is 12.4 Å². The highest BCUT2D eigenvalue weighted by Crippen LogP contribution is 2.32. The number of carbonyl (C=O) groups is 1. The van der Waals surface area contributed by atoms with Crippen molar-refractivity contribution in [1.29, 1.82) is 5.26 Å². The number of hydrogen-bond acceptors (Lipinski definition) is 5. The third-order valence-electron chi connectivity index (χ3n) is 4.20. The summed E-state index contributed by atoms with van der Waals surface area (Å²) in [7, 11) is 0. The smallest absolute Gasteiger partial charge is 0.342 e. The van der Waals surface area contributed by atoms with Crippen LogP contribution in [0.3, 0.4) is 0 Å². The van der Waals surface area contributed by atoms with E-state index in [4.69, 9.17) is 16.9 Å². The van der Waals surface area contributed by atoms with E-state index in [0.717, 1.165) is 12.3 Å². The van der Waals surface area contributed by atoms with Crippen molar-refractivity contribution in [3.8, 4) is 11.9 Å². The highest BCUT2D eigenvalue weighted by Gasteiger charge is 2.38. The summed E-state index contributed by atoms with van der Waals surface area (Å²) in [4.78, 5) is 19.8. The van der Waals surface area contributed by atoms with E-state index in [1.54, 1.807) is 6.07 Å². The van der Waals surface area contributed by atoms with Gasteiger partial charge in [0.05, 0.1) is 17.2 Å². The molecular formula is C19H11ClF6N6O. The van der Waals surface area contributed by atoms with Crippen molar-refractivity contribution in [2.24, 2.45) is 0 Å². The molecule has 172 valence electrons. The maximum Gasteiger partial charge on any atom is 0.453 e. The lowest BCUT2D eigenvalue weighted by atomic mass is 10.1. The number of rotatable bonds is 4. The monoisotopic (exact) mass is 488 g/mol. The van der Waals surface area contributed by atoms with Gasteiger partial charge in [-0.3, -0.25) is 4.79 Å². The first kappa shape index (κ1) is 24.0. The number of carbonyl (C=O) groups excluding carboxylic acids is 1. The zero-order valence-electron chi connectivity index (χ0n) is 16.3. The van der Waals surface area contributed by atoms with Crippen molar-refractivity contribution >= 4 is 17.5 Å². The van der Waals surface area contributed by atoms with Crippen LogP contribution in [0.1, 0.15) is 46.1 Å². The van der Waals surface area contributed by atoms with Crippen molar-refractivity contribution in [2.45, 2.75) is 25.3 Å². The maximum atomic E-state index is 13.2. The maximum absolute atomic E-state index is 13.2. The molecule has 1 atom stereocenters. The van der Waals surface area contributed by atoms with Crippen molar-refractivity contribution in [3.05, 3.63) is 69.9 Å². The van der Waals surface area contributed by atoms with Crippen LogP contribution >= 0.6 is 11.6 Å². The standard InChI is InChI=1S/C19H11ClF6N6O/c1-9(29-16(33)11-4-12(18(21,22)23)6-13(20)5-11)15-30-17(19(24,25)26)31-32(15)14-3-2-10(7-27)8-28-14/h2-6,8-9H,1H3,(H,29,33). The third-order valence-corrected chi connectivity index (χ3v) is 4.42. The van der Waals surface area contributed by atoms with Crippen LogP contribution in [0.5, 0.6) is 0 Å². The van der Waals surface area contributed by atoms with Crippen molar-refractivity contribution < 1.29 is 31.1 Å². The van der Waals surface area contributed by atoms with Crippen LogP contribution in [0.4, 0.5) is 26.3 Å². The van der Waals surface area contributed by atoms with E-state index in [-0.39, 0.29) is 16.4 Å². The molecule has 0 spiro atoms. The summed E-state index contributed by atoms with van der Waals surface area (Å²) in [5.41, 5.74) is -1.49. The van der Waals surface area contributed by atoms with Crippen LogP contribution < -0.4 is 5.32 Å². The molecule has 1 N–H and O–H groups in total. The number of pyridine rings is 1. The minimum absolute atomic E-state index is 0.129. The minimum Gasteiger partial charge on any atom is -0.342 e. The minimum atomic E-state index is -4.93. The molecule has 0 bridgehead atoms. The van der Waals surface area contributed by atoms with Gasteiger partial charge in [0.25, 0.3) is 11.7 Å². The number of amides is 1. The van der Waals surface area contributed by atoms with Gasteiger partial charge in [0.15, 0.2) is 11.6 Å². The summed E-state index contributed by atoms with van der Waals surface area (Å²) in [6.07, 6.45) is -8.60. The van der Waals surface area contributed by atoms with E-state index in [2.05, 4.69) is 20.4 Å². The van der Waals surface area contributed by atoms with E-state index in [1.165, 1.54) is 19.1 Å². The lowest BCUT2D eigenvalue weighted by molar-refractivity contribution is -0.145. The number of hydrogen-bond donors (Lipinski definition) is 1. The molecule has 0 saturated carbocycles. The molecule has 7 nitrogen and oxygen atoms in total. The largest absolute Gasteiger partial charge is 0.453 e. The van der Waals surface area contributed by atoms with Gasteiger partial charge in [0.2, 0.25) is 0 Å². The number of aromatic nitrogens is 4. The SMILES string of the molecule is CC(NC(=O)c1cc(Cl)cc(C(F)(F)F)c1)c1nc(C(F)(F)F)nn1-c1ccc(C#N)cn1. The van der Waals surface area contributed by atoms with Crippen LogP contribution in [0.25, 0.3) is 5.82 Å². The van der Waals surface area contributed by atoms with E-state index >= 15 is 0 Å². The van der Waals surface area contributed by atoms with Gasteiger partial charge in [-0.2, -0.15) is 36.3 Å². The number of nitrogens with one attached hydrogen (secondary N) is 1. The fourth-order valence-electron chi connectivity index (χ4n) is 2.70. The summed E-state index contributed by atoms with van der Waals surface area (Å²) >= 11 is 5.67. The molecule has 2 heterocycles. The number of nitrogens with zero attached hydrogens (tertiary/aromatic N) is 5. The molecule has 1 amide bonds. The summed E-state index contributed by atoms with van der Waals surface area (Å²) in [5.74, 6) is -3.08. The van der Waals surface area contributed by atoms with Gasteiger partial charge in [0, 0.05) is 16.8 Å². The fourth-order valence-corrected chi connectivity index (χ4v) is 2.93. The second kappa shape index (κ2) is 8.70. The quantitative estimate of drug-likeness (QED) is 0.536. The summed E-state index contributed by atoms with van der Waals surface area (Å²) in [5, 5.41) is 14.2. The zero-order chi connectivity index (χ0) is 24.6. The Morgan fingerprint density at radius 2 is 1.85 bits per heavy atom. The summed E-state index contributed by atoms with van der Waals surface area (Å²) in [6.45, 7) is 1.26. The average molecular weight is 489 g/mol. The third kappa shape index (κ3) is 5.40. The first-order valence-electron chi connectivity index (χ1n) is 8.89. The van der Waals surface area contributed by atoms with E-state index in [9.17, 15) is 31.1 Å². The Hall–Kier alpha value is -3.66. The Labute approximate surface area is 186 Å². The van der Waals surface area contributed by atoms with Gasteiger partial charge in [-0.15, -0.1) is 5.10 Å². The highest BCUT2D eigenvalue weighted by molar-refractivity contribution is 6.31. The van der Waals surface area contributed by atoms with Crippen LogP contribution in [-0.4, -0.2) is 25.7 Å². The lowest BCUT2D eigenvalue weighted by Gasteiger charge is -2.15. The van der Waals surface area contributed by atoms with E-state index in [1.807, 2.05) is 0 Å². The normalized spacial score (nSPS) is 12.8. The van der Waals surface area contributed by atoms with E-state index < -0.39 is 47.1 Å². The Morgan fingerprint density at radius 1 is 1.15 bits per heavy atom. The number of halogens is 7. The zero-order valence-corrected chi connectivity index (χ0v) is 17.1. The van der Waals surface area contributed by atoms with Crippen molar-refractivity contribution in [2.75, 3.05) is 0 Å². The Morgan fingerprint density at radius 3 is 2.39 bits per heavy atom. The highest BCUT2D eigenvalue weighted by atomic mass is 35.5. The predicted molar refractivity (Wildman–Crippen MR) is 101 cm³/mol. The van der Waals surface area contributed by atoms with Gasteiger partial charge in [-0.05, 0) is 37.3 Å². The molecule has 0 aliphatic rings.